The van der Waals surface area contributed by atoms with E-state index in [-0.39, 0.29) is 70.0 Å². The van der Waals surface area contributed by atoms with E-state index in [0.29, 0.717) is 47.1 Å². The molecule has 0 bridgehead atoms. The van der Waals surface area contributed by atoms with Crippen LogP contribution in [0.5, 0.6) is 0 Å². The van der Waals surface area contributed by atoms with Gasteiger partial charge in [0.05, 0.1) is 47.8 Å². The third-order valence-corrected chi connectivity index (χ3v) is 13.0. The van der Waals surface area contributed by atoms with Gasteiger partial charge in [-0.05, 0) is 69.7 Å². The van der Waals surface area contributed by atoms with Gasteiger partial charge in [-0.25, -0.2) is 14.2 Å². The average molecular weight is 1040 g/mol. The highest BCUT2D eigenvalue weighted by atomic mass is 19.1. The van der Waals surface area contributed by atoms with Gasteiger partial charge in [-0.15, -0.1) is 0 Å². The molecule has 0 aliphatic carbocycles. The van der Waals surface area contributed by atoms with Crippen molar-refractivity contribution in [1.82, 2.24) is 40.6 Å². The maximum absolute atomic E-state index is 14.8. The van der Waals surface area contributed by atoms with E-state index in [9.17, 15) is 68.0 Å². The van der Waals surface area contributed by atoms with Crippen LogP contribution in [0.3, 0.4) is 0 Å². The summed E-state index contributed by atoms with van der Waals surface area (Å²) in [7, 11) is 1.33. The second-order valence-electron chi connectivity index (χ2n) is 18.5. The third-order valence-electron chi connectivity index (χ3n) is 13.0. The number of aliphatic hydroxyl groups is 5. The normalized spacial score (nSPS) is 17.1. The van der Waals surface area contributed by atoms with Gasteiger partial charge in [-0.1, -0.05) is 0 Å². The van der Waals surface area contributed by atoms with E-state index in [4.69, 9.17) is 19.6 Å². The first-order valence-corrected chi connectivity index (χ1v) is 24.0. The Kier molecular flexibility index (Phi) is 18.9. The molecule has 0 spiro atoms. The number of cyclic esters (lactones) is 1. The minimum absolute atomic E-state index is 0.144. The van der Waals surface area contributed by atoms with Gasteiger partial charge in [0, 0.05) is 80.7 Å². The van der Waals surface area contributed by atoms with Crippen molar-refractivity contribution < 1.29 is 77.8 Å². The Labute approximate surface area is 422 Å². The third kappa shape index (κ3) is 13.4. The molecule has 24 nitrogen and oxygen atoms in total. The van der Waals surface area contributed by atoms with Crippen LogP contribution >= 0.6 is 0 Å². The van der Waals surface area contributed by atoms with E-state index >= 15 is 0 Å². The van der Waals surface area contributed by atoms with Gasteiger partial charge in [0.25, 0.3) is 17.4 Å². The van der Waals surface area contributed by atoms with E-state index in [1.165, 1.54) is 31.5 Å². The summed E-state index contributed by atoms with van der Waals surface area (Å²) in [5, 5.41) is 60.0. The van der Waals surface area contributed by atoms with Crippen molar-refractivity contribution in [2.45, 2.75) is 121 Å². The predicted molar refractivity (Wildman–Crippen MR) is 256 cm³/mol. The van der Waals surface area contributed by atoms with Gasteiger partial charge >= 0.3 is 5.97 Å². The minimum Gasteiger partial charge on any atom is -0.458 e. The topological polar surface area (TPSA) is 346 Å². The number of nitrogens with zero attached hydrogens (tertiary/aromatic N) is 4. The molecule has 3 aromatic rings. The fourth-order valence-electron chi connectivity index (χ4n) is 8.67. The van der Waals surface area contributed by atoms with E-state index in [1.54, 1.807) is 19.1 Å². The lowest BCUT2D eigenvalue weighted by Gasteiger charge is -2.25. The van der Waals surface area contributed by atoms with Crippen molar-refractivity contribution >= 4 is 58.2 Å². The summed E-state index contributed by atoms with van der Waals surface area (Å²) in [5.74, 6) is -6.24. The zero-order valence-corrected chi connectivity index (χ0v) is 41.2. The lowest BCUT2D eigenvalue weighted by atomic mass is 9.94. The first-order chi connectivity index (χ1) is 35.1. The fourth-order valence-corrected chi connectivity index (χ4v) is 8.67. The number of amides is 7. The molecular formula is C49H61FN8O16. The number of likely N-dealkylation sites (N-methyl/N-ethyl adjacent to an activating group) is 1. The molecule has 7 amide bonds. The number of carbonyl (C=O) groups is 8. The van der Waals surface area contributed by atoms with Crippen molar-refractivity contribution in [1.29, 1.82) is 0 Å². The highest BCUT2D eigenvalue weighted by Gasteiger charge is 2.35. The molecule has 5 heterocycles. The van der Waals surface area contributed by atoms with Crippen LogP contribution in [0.25, 0.3) is 22.3 Å². The number of halogens is 1. The first kappa shape index (κ1) is 56.3. The molecule has 0 unspecified atom stereocenters. The highest BCUT2D eigenvalue weighted by Crippen LogP contribution is 2.39. The molecular weight excluding hydrogens is 976 g/mol. The number of benzene rings is 1. The second kappa shape index (κ2) is 24.8. The number of carbonyl (C=O) groups excluding carboxylic acids is 8. The lowest BCUT2D eigenvalue weighted by Crippen LogP contribution is -2.55. The number of unbranched alkanes of at least 4 members (excludes halogenated alkanes) is 1. The molecule has 0 saturated heterocycles. The van der Waals surface area contributed by atoms with Gasteiger partial charge in [0.2, 0.25) is 29.5 Å². The molecule has 74 heavy (non-hydrogen) atoms. The number of rotatable bonds is 25. The van der Waals surface area contributed by atoms with Crippen LogP contribution in [0.4, 0.5) is 4.39 Å². The number of hydrogen-bond donors (Lipinski definition) is 9. The minimum atomic E-state index is -1.63. The molecule has 0 radical (unpaired) electrons. The number of imide groups is 1. The molecule has 3 aliphatic heterocycles. The molecule has 3 aliphatic rings. The molecule has 9 N–H and O–H groups in total. The van der Waals surface area contributed by atoms with Crippen LogP contribution in [0.1, 0.15) is 86.3 Å². The number of fused-ring (bicyclic) bond motifs is 5. The summed E-state index contributed by atoms with van der Waals surface area (Å²) in [6.07, 6.45) is -3.70. The van der Waals surface area contributed by atoms with E-state index in [2.05, 4.69) is 21.3 Å². The Balaban J connectivity index is 0.978. The van der Waals surface area contributed by atoms with E-state index < -0.39 is 114 Å². The van der Waals surface area contributed by atoms with Crippen LogP contribution in [0, 0.1) is 12.7 Å². The zero-order chi connectivity index (χ0) is 54.1. The van der Waals surface area contributed by atoms with Crippen molar-refractivity contribution in [3.8, 4) is 11.4 Å². The summed E-state index contributed by atoms with van der Waals surface area (Å²) >= 11 is 0. The van der Waals surface area contributed by atoms with Crippen LogP contribution < -0.4 is 26.8 Å². The Hall–Kier alpha value is -7.03. The van der Waals surface area contributed by atoms with Crippen LogP contribution in [0.15, 0.2) is 35.1 Å². The van der Waals surface area contributed by atoms with E-state index in [0.717, 1.165) is 33.1 Å². The number of ether oxygens (including phenoxy) is 2. The van der Waals surface area contributed by atoms with Crippen molar-refractivity contribution in [2.24, 2.45) is 0 Å². The van der Waals surface area contributed by atoms with Gasteiger partial charge in [-0.2, -0.15) is 0 Å². The summed E-state index contributed by atoms with van der Waals surface area (Å²) in [4.78, 5) is 122. The SMILES string of the molecule is Cc1cc2c(CCCCOCNC(=O)[C@H](C)NC(=O)[C@H](C)NC(=O)[C@H](CCC(=O)N(C)C[C@H](O)C[C@H](O)[C@H](O)CO)NC(=O)CCN3C(=O)C=CC3=O)c3c(nc2cc1F)-c1cc2c(c(=O)n1C3)COC(=O)[C@H]2O. The Bertz CT molecular complexity index is 2770. The number of pyridine rings is 2. The molecule has 25 heteroatoms. The molecule has 0 saturated carbocycles. The summed E-state index contributed by atoms with van der Waals surface area (Å²) in [5.41, 5.74) is 3.09. The standard InChI is InChI=1S/C49H61FN8O16/c1-24-15-29-28(31-20-58-36(43(31)55-35(29)18-33(24)50)17-30-32(48(58)71)22-74-49(72)44(30)67)7-5-6-14-73-23-51-45(68)25(2)52-46(69)26(3)53-47(70)34(54-39(63)12-13-57-41(65)10-11-42(57)66)8-9-40(64)56(4)19-27(60)16-37(61)38(62)21-59/h10-11,15,17-18,25-27,34,37-38,44,59-62,67H,5-9,12-14,16,19-23H2,1-4H3,(H,51,68)(H,52,69)(H,53,70)(H,54,63)/t25-,26-,27+,34-,37-,38+,44-/m0/s1. The number of hydrogen-bond acceptors (Lipinski definition) is 17. The van der Waals surface area contributed by atoms with Gasteiger partial charge in [0.1, 0.15) is 43.4 Å². The molecule has 6 rings (SSSR count). The fraction of sp³-hybridized carbons (Fsp3) is 0.510. The van der Waals surface area contributed by atoms with Gasteiger partial charge in [-0.3, -0.25) is 43.3 Å². The van der Waals surface area contributed by atoms with Crippen molar-refractivity contribution in [3.63, 3.8) is 0 Å². The summed E-state index contributed by atoms with van der Waals surface area (Å²) < 4.78 is 27.0. The predicted octanol–water partition coefficient (Wildman–Crippen LogP) is -2.11. The maximum Gasteiger partial charge on any atom is 0.340 e. The Morgan fingerprint density at radius 3 is 2.31 bits per heavy atom. The second-order valence-corrected chi connectivity index (χ2v) is 18.5. The zero-order valence-electron chi connectivity index (χ0n) is 41.2. The van der Waals surface area contributed by atoms with Gasteiger partial charge < -0.3 is 65.7 Å². The Morgan fingerprint density at radius 1 is 0.919 bits per heavy atom. The van der Waals surface area contributed by atoms with Crippen LogP contribution in [-0.2, 0) is 67.4 Å². The first-order valence-electron chi connectivity index (χ1n) is 24.0. The number of aliphatic hydroxyl groups excluding tert-OH is 5. The average Bonchev–Trinajstić information content (AvgIpc) is 3.89. The molecule has 0 fully saturated rings. The molecule has 7 atom stereocenters. The maximum atomic E-state index is 14.8. The largest absolute Gasteiger partial charge is 0.458 e. The van der Waals surface area contributed by atoms with Crippen LogP contribution in [-0.4, -0.2) is 169 Å². The number of nitrogens with one attached hydrogen (secondary N) is 4. The molecule has 1 aromatic carbocycles. The molecule has 2 aromatic heterocycles. The number of aryl methyl sites for hydroxylation is 2. The van der Waals surface area contributed by atoms with Crippen LogP contribution in [0.2, 0.25) is 0 Å². The number of esters is 1. The monoisotopic (exact) mass is 1040 g/mol. The summed E-state index contributed by atoms with van der Waals surface area (Å²) in [6, 6.07) is 0.783. The van der Waals surface area contributed by atoms with Crippen molar-refractivity contribution in [2.75, 3.05) is 40.1 Å². The van der Waals surface area contributed by atoms with Gasteiger partial charge in [0.15, 0.2) is 6.10 Å². The lowest BCUT2D eigenvalue weighted by molar-refractivity contribution is -0.157. The highest BCUT2D eigenvalue weighted by molar-refractivity contribution is 6.13. The van der Waals surface area contributed by atoms with Crippen molar-refractivity contribution in [3.05, 3.63) is 74.3 Å². The quantitative estimate of drug-likeness (QED) is 0.0148. The molecule has 400 valence electrons. The number of aromatic nitrogens is 2. The summed E-state index contributed by atoms with van der Waals surface area (Å²) in [6.45, 7) is 2.87. The van der Waals surface area contributed by atoms with E-state index in [1.807, 2.05) is 0 Å². The Morgan fingerprint density at radius 2 is 1.61 bits per heavy atom. The smallest absolute Gasteiger partial charge is 0.340 e.